The summed E-state index contributed by atoms with van der Waals surface area (Å²) >= 11 is 0. The molecule has 1 aromatic rings. The van der Waals surface area contributed by atoms with E-state index in [1.54, 1.807) is 17.0 Å². The molecule has 1 N–H and O–H groups in total. The summed E-state index contributed by atoms with van der Waals surface area (Å²) in [6.07, 6.45) is 4.39. The van der Waals surface area contributed by atoms with Crippen LogP contribution >= 0.6 is 0 Å². The lowest BCUT2D eigenvalue weighted by molar-refractivity contribution is 0.158. The van der Waals surface area contributed by atoms with Crippen molar-refractivity contribution in [1.29, 1.82) is 0 Å². The van der Waals surface area contributed by atoms with Gasteiger partial charge in [-0.25, -0.2) is 4.98 Å². The Morgan fingerprint density at radius 3 is 2.70 bits per heavy atom. The lowest BCUT2D eigenvalue weighted by Gasteiger charge is -2.32. The number of likely N-dealkylation sites (N-methyl/N-ethyl adjacent to an activating group) is 1. The van der Waals surface area contributed by atoms with Gasteiger partial charge in [0, 0.05) is 58.2 Å². The Kier molecular flexibility index (Phi) is 5.55. The molecule has 112 valence electrons. The van der Waals surface area contributed by atoms with Crippen LogP contribution < -0.4 is 10.9 Å². The summed E-state index contributed by atoms with van der Waals surface area (Å²) in [4.78, 5) is 21.0. The first-order valence-corrected chi connectivity index (χ1v) is 7.41. The molecule has 1 aromatic heterocycles. The van der Waals surface area contributed by atoms with Crippen LogP contribution in [0.25, 0.3) is 0 Å². The molecule has 0 atom stereocenters. The standard InChI is InChI=1S/C14H25N5O/c1-3-6-19-8-5-16-13(14(19)20)15-4-7-18-11-9-17(2)10-12-18/h5,8H,3-4,6-7,9-12H2,1-2H3,(H,15,16). The Balaban J connectivity index is 1.82. The SMILES string of the molecule is CCCn1ccnc(NCCN2CCN(C)CC2)c1=O. The van der Waals surface area contributed by atoms with Gasteiger partial charge in [0.05, 0.1) is 0 Å². The molecule has 6 heteroatoms. The van der Waals surface area contributed by atoms with Crippen LogP contribution in [0.3, 0.4) is 0 Å². The van der Waals surface area contributed by atoms with Crippen LogP contribution in [0.15, 0.2) is 17.2 Å². The highest BCUT2D eigenvalue weighted by Crippen LogP contribution is 1.99. The zero-order valence-corrected chi connectivity index (χ0v) is 12.5. The molecular formula is C14H25N5O. The van der Waals surface area contributed by atoms with E-state index < -0.39 is 0 Å². The molecule has 1 fully saturated rings. The second-order valence-electron chi connectivity index (χ2n) is 5.35. The van der Waals surface area contributed by atoms with E-state index in [4.69, 9.17) is 0 Å². The van der Waals surface area contributed by atoms with Gasteiger partial charge < -0.3 is 14.8 Å². The van der Waals surface area contributed by atoms with Gasteiger partial charge in [-0.1, -0.05) is 6.92 Å². The van der Waals surface area contributed by atoms with Crippen molar-refractivity contribution in [3.8, 4) is 0 Å². The Hall–Kier alpha value is -1.40. The van der Waals surface area contributed by atoms with Crippen molar-refractivity contribution in [1.82, 2.24) is 19.4 Å². The molecule has 20 heavy (non-hydrogen) atoms. The third kappa shape index (κ3) is 4.05. The Labute approximate surface area is 120 Å². The van der Waals surface area contributed by atoms with Crippen molar-refractivity contribution in [3.05, 3.63) is 22.7 Å². The summed E-state index contributed by atoms with van der Waals surface area (Å²) in [6.45, 7) is 8.96. The summed E-state index contributed by atoms with van der Waals surface area (Å²) in [5.41, 5.74) is -0.0206. The first-order chi connectivity index (χ1) is 9.70. The molecule has 0 spiro atoms. The zero-order chi connectivity index (χ0) is 14.4. The van der Waals surface area contributed by atoms with Gasteiger partial charge in [0.15, 0.2) is 5.82 Å². The molecule has 1 aliphatic rings. The third-order valence-electron chi connectivity index (χ3n) is 3.69. The smallest absolute Gasteiger partial charge is 0.293 e. The second-order valence-corrected chi connectivity index (χ2v) is 5.35. The average Bonchev–Trinajstić information content (AvgIpc) is 2.45. The van der Waals surface area contributed by atoms with Gasteiger partial charge in [-0.15, -0.1) is 0 Å². The molecule has 2 heterocycles. The first-order valence-electron chi connectivity index (χ1n) is 7.41. The molecule has 0 saturated carbocycles. The Morgan fingerprint density at radius 2 is 2.00 bits per heavy atom. The maximum absolute atomic E-state index is 12.1. The fourth-order valence-electron chi connectivity index (χ4n) is 2.39. The number of nitrogens with zero attached hydrogens (tertiary/aromatic N) is 4. The Morgan fingerprint density at radius 1 is 1.25 bits per heavy atom. The second kappa shape index (κ2) is 7.40. The number of anilines is 1. The predicted octanol–water partition coefficient (Wildman–Crippen LogP) is 0.313. The van der Waals surface area contributed by atoms with E-state index in [0.29, 0.717) is 5.82 Å². The van der Waals surface area contributed by atoms with E-state index in [-0.39, 0.29) is 5.56 Å². The summed E-state index contributed by atoms with van der Waals surface area (Å²) in [5.74, 6) is 0.468. The van der Waals surface area contributed by atoms with Crippen LogP contribution in [-0.2, 0) is 6.54 Å². The molecule has 0 bridgehead atoms. The highest BCUT2D eigenvalue weighted by Gasteiger charge is 2.13. The molecule has 0 aromatic carbocycles. The molecule has 0 amide bonds. The van der Waals surface area contributed by atoms with E-state index in [2.05, 4.69) is 34.1 Å². The van der Waals surface area contributed by atoms with Crippen molar-refractivity contribution >= 4 is 5.82 Å². The van der Waals surface area contributed by atoms with E-state index in [1.165, 1.54) is 0 Å². The molecule has 1 aliphatic heterocycles. The number of aromatic nitrogens is 2. The third-order valence-corrected chi connectivity index (χ3v) is 3.69. The molecule has 0 aliphatic carbocycles. The number of nitrogens with one attached hydrogen (secondary N) is 1. The Bertz CT molecular complexity index is 465. The summed E-state index contributed by atoms with van der Waals surface area (Å²) in [6, 6.07) is 0. The number of piperazine rings is 1. The predicted molar refractivity (Wildman–Crippen MR) is 81.2 cm³/mol. The van der Waals surface area contributed by atoms with E-state index in [9.17, 15) is 4.79 Å². The van der Waals surface area contributed by atoms with Gasteiger partial charge in [0.2, 0.25) is 0 Å². The zero-order valence-electron chi connectivity index (χ0n) is 12.5. The average molecular weight is 279 g/mol. The van der Waals surface area contributed by atoms with Crippen LogP contribution in [0.2, 0.25) is 0 Å². The fourth-order valence-corrected chi connectivity index (χ4v) is 2.39. The van der Waals surface area contributed by atoms with Crippen molar-refractivity contribution in [2.75, 3.05) is 51.6 Å². The van der Waals surface area contributed by atoms with Crippen LogP contribution in [-0.4, -0.2) is 65.7 Å². The van der Waals surface area contributed by atoms with Gasteiger partial charge in [-0.2, -0.15) is 0 Å². The topological polar surface area (TPSA) is 53.4 Å². The molecule has 0 unspecified atom stereocenters. The van der Waals surface area contributed by atoms with E-state index in [1.807, 2.05) is 0 Å². The van der Waals surface area contributed by atoms with Crippen LogP contribution in [0, 0.1) is 0 Å². The maximum atomic E-state index is 12.1. The lowest BCUT2D eigenvalue weighted by atomic mass is 10.3. The van der Waals surface area contributed by atoms with Gasteiger partial charge in [-0.3, -0.25) is 9.69 Å². The molecular weight excluding hydrogens is 254 g/mol. The lowest BCUT2D eigenvalue weighted by Crippen LogP contribution is -2.46. The normalized spacial score (nSPS) is 17.3. The van der Waals surface area contributed by atoms with Gasteiger partial charge in [0.1, 0.15) is 0 Å². The monoisotopic (exact) mass is 279 g/mol. The number of rotatable bonds is 6. The molecule has 1 saturated heterocycles. The largest absolute Gasteiger partial charge is 0.364 e. The van der Waals surface area contributed by atoms with E-state index in [0.717, 1.165) is 52.2 Å². The summed E-state index contributed by atoms with van der Waals surface area (Å²) < 4.78 is 1.71. The van der Waals surface area contributed by atoms with Crippen molar-refractivity contribution < 1.29 is 0 Å². The first kappa shape index (κ1) is 15.0. The molecule has 6 nitrogen and oxygen atoms in total. The number of hydrogen-bond donors (Lipinski definition) is 1. The van der Waals surface area contributed by atoms with Crippen molar-refractivity contribution in [3.63, 3.8) is 0 Å². The van der Waals surface area contributed by atoms with Gasteiger partial charge in [-0.05, 0) is 13.5 Å². The van der Waals surface area contributed by atoms with Crippen LogP contribution in [0.1, 0.15) is 13.3 Å². The molecule has 0 radical (unpaired) electrons. The van der Waals surface area contributed by atoms with E-state index >= 15 is 0 Å². The molecule has 2 rings (SSSR count). The quantitative estimate of drug-likeness (QED) is 0.812. The highest BCUT2D eigenvalue weighted by molar-refractivity contribution is 5.30. The van der Waals surface area contributed by atoms with Gasteiger partial charge in [0.25, 0.3) is 5.56 Å². The maximum Gasteiger partial charge on any atom is 0.293 e. The summed E-state index contributed by atoms with van der Waals surface area (Å²) in [7, 11) is 2.15. The van der Waals surface area contributed by atoms with Gasteiger partial charge >= 0.3 is 0 Å². The minimum absolute atomic E-state index is 0.0206. The minimum Gasteiger partial charge on any atom is -0.364 e. The fraction of sp³-hybridized carbons (Fsp3) is 0.714. The van der Waals surface area contributed by atoms with Crippen LogP contribution in [0.4, 0.5) is 5.82 Å². The van der Waals surface area contributed by atoms with Crippen LogP contribution in [0.5, 0.6) is 0 Å². The summed E-state index contributed by atoms with van der Waals surface area (Å²) in [5, 5.41) is 3.17. The number of hydrogen-bond acceptors (Lipinski definition) is 5. The number of aryl methyl sites for hydroxylation is 1. The van der Waals surface area contributed by atoms with Crippen molar-refractivity contribution in [2.45, 2.75) is 19.9 Å². The highest BCUT2D eigenvalue weighted by atomic mass is 16.1. The minimum atomic E-state index is -0.0206. The van der Waals surface area contributed by atoms with Crippen molar-refractivity contribution in [2.24, 2.45) is 0 Å².